The Hall–Kier alpha value is -2.74. The number of hydrogen-bond acceptors (Lipinski definition) is 4. The van der Waals surface area contributed by atoms with Gasteiger partial charge in [-0.05, 0) is 24.1 Å². The van der Waals surface area contributed by atoms with Gasteiger partial charge in [0.1, 0.15) is 11.6 Å². The molecule has 29 heavy (non-hydrogen) atoms. The fraction of sp³-hybridized carbons (Fsp3) is 0.286. The van der Waals surface area contributed by atoms with Crippen molar-refractivity contribution >= 4 is 28.6 Å². The highest BCUT2D eigenvalue weighted by Gasteiger charge is 2.14. The molecule has 0 radical (unpaired) electrons. The van der Waals surface area contributed by atoms with Gasteiger partial charge in [-0.1, -0.05) is 43.8 Å². The van der Waals surface area contributed by atoms with Gasteiger partial charge in [-0.15, -0.1) is 0 Å². The average molecular weight is 417 g/mol. The van der Waals surface area contributed by atoms with Gasteiger partial charge in [0.25, 0.3) is 5.56 Å². The van der Waals surface area contributed by atoms with Crippen molar-refractivity contribution in [3.63, 3.8) is 0 Å². The van der Waals surface area contributed by atoms with Crippen LogP contribution in [0, 0.1) is 17.6 Å². The number of amides is 1. The lowest BCUT2D eigenvalue weighted by atomic mass is 10.2. The molecule has 0 unspecified atom stereocenters. The molecule has 0 bridgehead atoms. The summed E-state index contributed by atoms with van der Waals surface area (Å²) in [5.41, 5.74) is 0.639. The molecule has 152 valence electrons. The largest absolute Gasteiger partial charge is 0.351 e. The molecule has 0 aliphatic rings. The Morgan fingerprint density at radius 3 is 2.69 bits per heavy atom. The number of rotatable bonds is 7. The van der Waals surface area contributed by atoms with E-state index < -0.39 is 11.6 Å². The molecule has 0 saturated heterocycles. The third-order valence-corrected chi connectivity index (χ3v) is 5.17. The minimum atomic E-state index is -0.708. The van der Waals surface area contributed by atoms with Crippen LogP contribution in [0.3, 0.4) is 0 Å². The van der Waals surface area contributed by atoms with Crippen LogP contribution in [0.25, 0.3) is 10.9 Å². The van der Waals surface area contributed by atoms with Crippen molar-refractivity contribution in [3.8, 4) is 0 Å². The van der Waals surface area contributed by atoms with Gasteiger partial charge in [-0.25, -0.2) is 13.8 Å². The van der Waals surface area contributed by atoms with Crippen molar-refractivity contribution in [2.24, 2.45) is 5.92 Å². The Labute approximate surface area is 171 Å². The molecule has 1 aromatic heterocycles. The van der Waals surface area contributed by atoms with Crippen molar-refractivity contribution in [3.05, 3.63) is 70.0 Å². The lowest BCUT2D eigenvalue weighted by Gasteiger charge is -2.15. The monoisotopic (exact) mass is 417 g/mol. The third kappa shape index (κ3) is 5.20. The minimum absolute atomic E-state index is 0.0195. The van der Waals surface area contributed by atoms with Crippen LogP contribution in [-0.4, -0.2) is 21.2 Å². The Morgan fingerprint density at radius 1 is 1.21 bits per heavy atom. The average Bonchev–Trinajstić information content (AvgIpc) is 2.68. The predicted octanol–water partition coefficient (Wildman–Crippen LogP) is 3.74. The maximum Gasteiger partial charge on any atom is 0.262 e. The summed E-state index contributed by atoms with van der Waals surface area (Å²) in [7, 11) is 0. The maximum atomic E-state index is 13.7. The van der Waals surface area contributed by atoms with Gasteiger partial charge in [-0.2, -0.15) is 0 Å². The number of fused-ring (bicyclic) bond motifs is 1. The van der Waals surface area contributed by atoms with Gasteiger partial charge in [0.15, 0.2) is 5.16 Å². The maximum absolute atomic E-state index is 13.7. The molecule has 3 rings (SSSR count). The number of benzene rings is 2. The molecule has 1 amide bonds. The van der Waals surface area contributed by atoms with Crippen molar-refractivity contribution in [1.82, 2.24) is 14.9 Å². The van der Waals surface area contributed by atoms with Crippen molar-refractivity contribution < 1.29 is 13.6 Å². The zero-order valence-electron chi connectivity index (χ0n) is 16.1. The van der Waals surface area contributed by atoms with Gasteiger partial charge in [0.2, 0.25) is 5.91 Å². The van der Waals surface area contributed by atoms with E-state index in [9.17, 15) is 18.4 Å². The summed E-state index contributed by atoms with van der Waals surface area (Å²) < 4.78 is 28.2. The van der Waals surface area contributed by atoms with Crippen LogP contribution in [0.2, 0.25) is 0 Å². The molecular weight excluding hydrogens is 396 g/mol. The zero-order valence-corrected chi connectivity index (χ0v) is 16.9. The molecule has 0 aliphatic carbocycles. The summed E-state index contributed by atoms with van der Waals surface area (Å²) in [4.78, 5) is 29.6. The molecule has 0 aliphatic heterocycles. The van der Waals surface area contributed by atoms with E-state index in [1.165, 1.54) is 6.07 Å². The molecule has 8 heteroatoms. The van der Waals surface area contributed by atoms with Gasteiger partial charge in [0, 0.05) is 24.7 Å². The number of nitrogens with one attached hydrogen (secondary N) is 1. The SMILES string of the molecule is CC(C)Cn1c(SCC(=O)NCc2ccc(F)cc2F)nc2ccccc2c1=O. The Bertz CT molecular complexity index is 1100. The van der Waals surface area contributed by atoms with Crippen LogP contribution in [0.15, 0.2) is 52.4 Å². The number of halogens is 2. The normalized spacial score (nSPS) is 11.2. The number of hydrogen-bond donors (Lipinski definition) is 1. The Kier molecular flexibility index (Phi) is 6.64. The molecule has 0 spiro atoms. The van der Waals surface area contributed by atoms with Crippen LogP contribution in [0.1, 0.15) is 19.4 Å². The van der Waals surface area contributed by atoms with Crippen molar-refractivity contribution in [1.29, 1.82) is 0 Å². The Balaban J connectivity index is 1.73. The van der Waals surface area contributed by atoms with Gasteiger partial charge >= 0.3 is 0 Å². The van der Waals surface area contributed by atoms with E-state index in [2.05, 4.69) is 10.3 Å². The van der Waals surface area contributed by atoms with E-state index in [4.69, 9.17) is 0 Å². The second kappa shape index (κ2) is 9.17. The van der Waals surface area contributed by atoms with E-state index in [1.807, 2.05) is 13.8 Å². The molecule has 0 atom stereocenters. The quantitative estimate of drug-likeness (QED) is 0.470. The van der Waals surface area contributed by atoms with Crippen LogP contribution in [0.5, 0.6) is 0 Å². The summed E-state index contributed by atoms with van der Waals surface area (Å²) in [5.74, 6) is -1.47. The molecule has 0 saturated carbocycles. The first kappa shape index (κ1) is 21.0. The van der Waals surface area contributed by atoms with E-state index >= 15 is 0 Å². The summed E-state index contributed by atoms with van der Waals surface area (Å²) >= 11 is 1.15. The highest BCUT2D eigenvalue weighted by Crippen LogP contribution is 2.19. The molecule has 0 fully saturated rings. The number of thioether (sulfide) groups is 1. The lowest BCUT2D eigenvalue weighted by molar-refractivity contribution is -0.118. The molecule has 5 nitrogen and oxygen atoms in total. The first-order valence-electron chi connectivity index (χ1n) is 9.18. The predicted molar refractivity (Wildman–Crippen MR) is 110 cm³/mol. The third-order valence-electron chi connectivity index (χ3n) is 4.20. The molecular formula is C21H21F2N3O2S. The summed E-state index contributed by atoms with van der Waals surface area (Å²) in [6, 6.07) is 10.3. The molecule has 3 aromatic rings. The summed E-state index contributed by atoms with van der Waals surface area (Å²) in [5, 5.41) is 3.60. The number of carbonyl (C=O) groups excluding carboxylic acids is 1. The van der Waals surface area contributed by atoms with E-state index in [0.29, 0.717) is 22.6 Å². The van der Waals surface area contributed by atoms with E-state index in [-0.39, 0.29) is 35.2 Å². The summed E-state index contributed by atoms with van der Waals surface area (Å²) in [6.07, 6.45) is 0. The highest BCUT2D eigenvalue weighted by molar-refractivity contribution is 7.99. The van der Waals surface area contributed by atoms with Gasteiger partial charge in [-0.3, -0.25) is 14.2 Å². The first-order valence-corrected chi connectivity index (χ1v) is 10.2. The summed E-state index contributed by atoms with van der Waals surface area (Å²) in [6.45, 7) is 4.44. The van der Waals surface area contributed by atoms with Crippen LogP contribution in [-0.2, 0) is 17.9 Å². The van der Waals surface area contributed by atoms with Crippen molar-refractivity contribution in [2.75, 3.05) is 5.75 Å². The second-order valence-electron chi connectivity index (χ2n) is 7.02. The van der Waals surface area contributed by atoms with Crippen LogP contribution >= 0.6 is 11.8 Å². The van der Waals surface area contributed by atoms with Crippen molar-refractivity contribution in [2.45, 2.75) is 32.1 Å². The molecule has 1 N–H and O–H groups in total. The van der Waals surface area contributed by atoms with Gasteiger partial charge in [0.05, 0.1) is 16.7 Å². The van der Waals surface area contributed by atoms with E-state index in [1.54, 1.807) is 28.8 Å². The second-order valence-corrected chi connectivity index (χ2v) is 7.96. The first-order chi connectivity index (χ1) is 13.8. The highest BCUT2D eigenvalue weighted by atomic mass is 32.2. The van der Waals surface area contributed by atoms with E-state index in [0.717, 1.165) is 23.9 Å². The van der Waals surface area contributed by atoms with Crippen LogP contribution < -0.4 is 10.9 Å². The van der Waals surface area contributed by atoms with Gasteiger partial charge < -0.3 is 5.32 Å². The number of nitrogens with zero attached hydrogens (tertiary/aromatic N) is 2. The number of aromatic nitrogens is 2. The smallest absolute Gasteiger partial charge is 0.262 e. The number of carbonyl (C=O) groups is 1. The lowest BCUT2D eigenvalue weighted by Crippen LogP contribution is -2.28. The topological polar surface area (TPSA) is 64.0 Å². The van der Waals surface area contributed by atoms with Crippen LogP contribution in [0.4, 0.5) is 8.78 Å². The number of para-hydroxylation sites is 1. The standard InChI is InChI=1S/C21H21F2N3O2S/c1-13(2)11-26-20(28)16-5-3-4-6-18(16)25-21(26)29-12-19(27)24-10-14-7-8-15(22)9-17(14)23/h3-9,13H,10-12H2,1-2H3,(H,24,27). The molecule has 2 aromatic carbocycles. The zero-order chi connectivity index (χ0) is 21.0. The minimum Gasteiger partial charge on any atom is -0.351 e. The molecule has 1 heterocycles. The fourth-order valence-corrected chi connectivity index (χ4v) is 3.66. The fourth-order valence-electron chi connectivity index (χ4n) is 2.82. The Morgan fingerprint density at radius 2 is 1.97 bits per heavy atom.